The van der Waals surface area contributed by atoms with Crippen LogP contribution >= 0.6 is 0 Å². The Labute approximate surface area is 172 Å². The van der Waals surface area contributed by atoms with Crippen molar-refractivity contribution >= 4 is 5.71 Å². The first-order chi connectivity index (χ1) is 14.2. The van der Waals surface area contributed by atoms with Crippen LogP contribution in [-0.2, 0) is 6.61 Å². The van der Waals surface area contributed by atoms with E-state index in [0.29, 0.717) is 18.2 Å². The molecule has 0 aromatic heterocycles. The Morgan fingerprint density at radius 1 is 0.862 bits per heavy atom. The lowest BCUT2D eigenvalue weighted by molar-refractivity contribution is 0.305. The molecule has 1 saturated carbocycles. The second-order valence-electron chi connectivity index (χ2n) is 7.76. The third-order valence-electron chi connectivity index (χ3n) is 5.57. The first-order valence-electron chi connectivity index (χ1n) is 10.3. The Hall–Kier alpha value is -3.07. The number of hydrogen-bond donors (Lipinski definition) is 1. The summed E-state index contributed by atoms with van der Waals surface area (Å²) in [6, 6.07) is 26.0. The summed E-state index contributed by atoms with van der Waals surface area (Å²) < 4.78 is 11.7. The Kier molecular flexibility index (Phi) is 5.95. The summed E-state index contributed by atoms with van der Waals surface area (Å²) in [5.74, 6) is 3.18. The molecule has 3 nitrogen and oxygen atoms in total. The van der Waals surface area contributed by atoms with Gasteiger partial charge in [-0.25, -0.2) is 0 Å². The molecule has 1 atom stereocenters. The molecule has 0 aliphatic heterocycles. The minimum absolute atomic E-state index is 0.255. The van der Waals surface area contributed by atoms with Crippen LogP contribution in [0.3, 0.4) is 0 Å². The van der Waals surface area contributed by atoms with Crippen molar-refractivity contribution in [2.75, 3.05) is 6.61 Å². The zero-order valence-electron chi connectivity index (χ0n) is 16.8. The van der Waals surface area contributed by atoms with Gasteiger partial charge in [0, 0.05) is 0 Å². The van der Waals surface area contributed by atoms with Crippen molar-refractivity contribution in [2.24, 2.45) is 5.92 Å². The van der Waals surface area contributed by atoms with Crippen LogP contribution in [0.5, 0.6) is 11.5 Å². The van der Waals surface area contributed by atoms with Gasteiger partial charge in [-0.2, -0.15) is 0 Å². The standard InChI is InChI=1S/C26H27NO2/c1-19(21-9-10-21)22-11-15-25(16-12-22)28-17-20-7-13-24(14-8-20)29-18-26(27)23-5-3-2-4-6-23/h2-8,11-16,19,21,27H,9-10,17-18H2,1H3. The summed E-state index contributed by atoms with van der Waals surface area (Å²) in [5, 5.41) is 8.11. The summed E-state index contributed by atoms with van der Waals surface area (Å²) in [6.07, 6.45) is 2.74. The predicted molar refractivity (Wildman–Crippen MR) is 117 cm³/mol. The largest absolute Gasteiger partial charge is 0.489 e. The molecule has 0 saturated heterocycles. The topological polar surface area (TPSA) is 42.3 Å². The zero-order chi connectivity index (χ0) is 20.1. The van der Waals surface area contributed by atoms with Crippen molar-refractivity contribution in [1.82, 2.24) is 0 Å². The highest BCUT2D eigenvalue weighted by Crippen LogP contribution is 2.42. The van der Waals surface area contributed by atoms with Crippen LogP contribution in [0.25, 0.3) is 0 Å². The Morgan fingerprint density at radius 2 is 1.48 bits per heavy atom. The van der Waals surface area contributed by atoms with Crippen LogP contribution in [0.15, 0.2) is 78.9 Å². The Balaban J connectivity index is 1.25. The fourth-order valence-corrected chi connectivity index (χ4v) is 3.46. The van der Waals surface area contributed by atoms with Crippen molar-refractivity contribution in [3.8, 4) is 11.5 Å². The van der Waals surface area contributed by atoms with E-state index >= 15 is 0 Å². The zero-order valence-corrected chi connectivity index (χ0v) is 16.8. The van der Waals surface area contributed by atoms with Crippen LogP contribution in [0, 0.1) is 11.3 Å². The smallest absolute Gasteiger partial charge is 0.130 e. The van der Waals surface area contributed by atoms with E-state index in [1.165, 1.54) is 18.4 Å². The highest BCUT2D eigenvalue weighted by Gasteiger charge is 2.28. The van der Waals surface area contributed by atoms with Crippen molar-refractivity contribution < 1.29 is 9.47 Å². The molecule has 1 aliphatic rings. The van der Waals surface area contributed by atoms with Gasteiger partial charge in [0.25, 0.3) is 0 Å². The summed E-state index contributed by atoms with van der Waals surface area (Å²) in [5.41, 5.74) is 3.85. The van der Waals surface area contributed by atoms with Crippen LogP contribution in [0.2, 0.25) is 0 Å². The summed E-state index contributed by atoms with van der Waals surface area (Å²) in [4.78, 5) is 0. The van der Waals surface area contributed by atoms with Crippen LogP contribution < -0.4 is 9.47 Å². The molecule has 0 radical (unpaired) electrons. The summed E-state index contributed by atoms with van der Waals surface area (Å²) >= 11 is 0. The molecule has 1 aliphatic carbocycles. The number of hydrogen-bond acceptors (Lipinski definition) is 3. The second kappa shape index (κ2) is 8.95. The molecule has 0 bridgehead atoms. The van der Waals surface area contributed by atoms with E-state index in [2.05, 4.69) is 31.2 Å². The Bertz CT molecular complexity index is 929. The van der Waals surface area contributed by atoms with E-state index in [4.69, 9.17) is 14.9 Å². The van der Waals surface area contributed by atoms with Gasteiger partial charge in [0.05, 0.1) is 5.71 Å². The molecule has 0 heterocycles. The highest BCUT2D eigenvalue weighted by atomic mass is 16.5. The molecule has 1 unspecified atom stereocenters. The van der Waals surface area contributed by atoms with Gasteiger partial charge < -0.3 is 14.9 Å². The number of nitrogens with one attached hydrogen (secondary N) is 1. The molecule has 4 rings (SSSR count). The first kappa shape index (κ1) is 19.3. The average molecular weight is 386 g/mol. The Morgan fingerprint density at radius 3 is 2.14 bits per heavy atom. The van der Waals surface area contributed by atoms with Crippen molar-refractivity contribution in [1.29, 1.82) is 5.41 Å². The van der Waals surface area contributed by atoms with Crippen LogP contribution in [0.4, 0.5) is 0 Å². The number of rotatable bonds is 9. The van der Waals surface area contributed by atoms with E-state index in [1.54, 1.807) is 0 Å². The van der Waals surface area contributed by atoms with Crippen molar-refractivity contribution in [3.63, 3.8) is 0 Å². The lowest BCUT2D eigenvalue weighted by Gasteiger charge is -2.12. The summed E-state index contributed by atoms with van der Waals surface area (Å²) in [6.45, 7) is 3.10. The second-order valence-corrected chi connectivity index (χ2v) is 7.76. The lowest BCUT2D eigenvalue weighted by atomic mass is 9.96. The van der Waals surface area contributed by atoms with Gasteiger partial charge in [-0.3, -0.25) is 0 Å². The molecule has 3 aromatic carbocycles. The molecular weight excluding hydrogens is 358 g/mol. The highest BCUT2D eigenvalue weighted by molar-refractivity contribution is 5.99. The van der Waals surface area contributed by atoms with Gasteiger partial charge in [-0.15, -0.1) is 0 Å². The SMILES string of the molecule is CC(c1ccc(OCc2ccc(OCC(=N)c3ccccc3)cc2)cc1)C1CC1. The molecule has 1 N–H and O–H groups in total. The van der Waals surface area contributed by atoms with Crippen LogP contribution in [0.1, 0.15) is 42.4 Å². The quantitative estimate of drug-likeness (QED) is 0.444. The van der Waals surface area contributed by atoms with Gasteiger partial charge in [0.2, 0.25) is 0 Å². The molecular formula is C26H27NO2. The van der Waals surface area contributed by atoms with E-state index in [1.807, 2.05) is 54.6 Å². The predicted octanol–water partition coefficient (Wildman–Crippen LogP) is 6.23. The van der Waals surface area contributed by atoms with E-state index in [-0.39, 0.29) is 6.61 Å². The average Bonchev–Trinajstić information content (AvgIpc) is 3.63. The monoisotopic (exact) mass is 385 g/mol. The summed E-state index contributed by atoms with van der Waals surface area (Å²) in [7, 11) is 0. The maximum Gasteiger partial charge on any atom is 0.130 e. The van der Waals surface area contributed by atoms with E-state index < -0.39 is 0 Å². The number of benzene rings is 3. The molecule has 0 amide bonds. The minimum atomic E-state index is 0.255. The fourth-order valence-electron chi connectivity index (χ4n) is 3.46. The fraction of sp³-hybridized carbons (Fsp3) is 0.269. The molecule has 148 valence electrons. The van der Waals surface area contributed by atoms with Crippen LogP contribution in [-0.4, -0.2) is 12.3 Å². The maximum absolute atomic E-state index is 8.11. The molecule has 0 spiro atoms. The van der Waals surface area contributed by atoms with E-state index in [9.17, 15) is 0 Å². The van der Waals surface area contributed by atoms with Gasteiger partial charge >= 0.3 is 0 Å². The third-order valence-corrected chi connectivity index (χ3v) is 5.57. The third kappa shape index (κ3) is 5.26. The molecule has 3 aromatic rings. The normalized spacial score (nSPS) is 14.2. The van der Waals surface area contributed by atoms with Gasteiger partial charge in [-0.1, -0.05) is 61.5 Å². The lowest BCUT2D eigenvalue weighted by Crippen LogP contribution is -2.11. The van der Waals surface area contributed by atoms with Gasteiger partial charge in [0.1, 0.15) is 24.7 Å². The molecule has 1 fully saturated rings. The van der Waals surface area contributed by atoms with E-state index in [0.717, 1.165) is 28.5 Å². The minimum Gasteiger partial charge on any atom is -0.489 e. The maximum atomic E-state index is 8.11. The first-order valence-corrected chi connectivity index (χ1v) is 10.3. The van der Waals surface area contributed by atoms with Crippen molar-refractivity contribution in [2.45, 2.75) is 32.3 Å². The van der Waals surface area contributed by atoms with Crippen molar-refractivity contribution in [3.05, 3.63) is 95.6 Å². The molecule has 29 heavy (non-hydrogen) atoms. The molecule has 3 heteroatoms. The number of ether oxygens (including phenoxy) is 2. The van der Waals surface area contributed by atoms with Gasteiger partial charge in [-0.05, 0) is 65.6 Å². The van der Waals surface area contributed by atoms with Gasteiger partial charge in [0.15, 0.2) is 0 Å².